The van der Waals surface area contributed by atoms with Gasteiger partial charge in [0, 0.05) is 23.6 Å². The third-order valence-electron chi connectivity index (χ3n) is 2.72. The van der Waals surface area contributed by atoms with Gasteiger partial charge in [-0.1, -0.05) is 18.6 Å². The fourth-order valence-corrected chi connectivity index (χ4v) is 1.93. The van der Waals surface area contributed by atoms with Crippen molar-refractivity contribution in [2.45, 2.75) is 27.3 Å². The van der Waals surface area contributed by atoms with Crippen molar-refractivity contribution >= 4 is 10.9 Å². The standard InChI is InChI=1S/C13H16N/c1-4-11-9-14(5-2)13-7-6-10(3)8-12(11)13/h4,6-9H,5H2,1-3H3. The minimum atomic E-state index is 1.04. The van der Waals surface area contributed by atoms with E-state index in [0.717, 1.165) is 6.54 Å². The molecule has 0 spiro atoms. The second-order valence-electron chi connectivity index (χ2n) is 3.68. The Labute approximate surface area is 85.4 Å². The lowest BCUT2D eigenvalue weighted by Gasteiger charge is -2.00. The number of nitrogens with zero attached hydrogens (tertiary/aromatic N) is 1. The molecule has 14 heavy (non-hydrogen) atoms. The third kappa shape index (κ3) is 1.33. The molecule has 73 valence electrons. The van der Waals surface area contributed by atoms with Crippen LogP contribution in [0, 0.1) is 13.3 Å². The van der Waals surface area contributed by atoms with Gasteiger partial charge in [-0.25, -0.2) is 0 Å². The summed E-state index contributed by atoms with van der Waals surface area (Å²) >= 11 is 0. The number of fused-ring (bicyclic) bond motifs is 1. The molecule has 1 aromatic heterocycles. The maximum Gasteiger partial charge on any atom is 0.0483 e. The summed E-state index contributed by atoms with van der Waals surface area (Å²) in [4.78, 5) is 0. The lowest BCUT2D eigenvalue weighted by molar-refractivity contribution is 0.795. The lowest BCUT2D eigenvalue weighted by Crippen LogP contribution is -1.90. The van der Waals surface area contributed by atoms with Gasteiger partial charge in [0.1, 0.15) is 0 Å². The molecule has 0 fully saturated rings. The minimum absolute atomic E-state index is 1.04. The van der Waals surface area contributed by atoms with Gasteiger partial charge < -0.3 is 4.57 Å². The normalized spacial score (nSPS) is 11.1. The quantitative estimate of drug-likeness (QED) is 0.676. The number of aryl methyl sites for hydroxylation is 2. The van der Waals surface area contributed by atoms with E-state index in [9.17, 15) is 0 Å². The van der Waals surface area contributed by atoms with Crippen molar-refractivity contribution in [2.75, 3.05) is 0 Å². The number of hydrogen-bond donors (Lipinski definition) is 0. The molecule has 0 aliphatic rings. The van der Waals surface area contributed by atoms with Crippen LogP contribution in [-0.4, -0.2) is 4.57 Å². The van der Waals surface area contributed by atoms with E-state index < -0.39 is 0 Å². The van der Waals surface area contributed by atoms with Gasteiger partial charge in [-0.3, -0.25) is 0 Å². The van der Waals surface area contributed by atoms with Crippen molar-refractivity contribution in [1.29, 1.82) is 0 Å². The molecule has 0 aliphatic heterocycles. The van der Waals surface area contributed by atoms with Crippen LogP contribution in [0.2, 0.25) is 0 Å². The summed E-state index contributed by atoms with van der Waals surface area (Å²) in [6.45, 7) is 7.45. The van der Waals surface area contributed by atoms with Crippen LogP contribution in [0.15, 0.2) is 24.4 Å². The predicted octanol–water partition coefficient (Wildman–Crippen LogP) is 3.54. The summed E-state index contributed by atoms with van der Waals surface area (Å²) in [6, 6.07) is 6.64. The maximum absolute atomic E-state index is 2.30. The van der Waals surface area contributed by atoms with Gasteiger partial charge in [-0.05, 0) is 38.0 Å². The van der Waals surface area contributed by atoms with Gasteiger partial charge in [0.05, 0.1) is 0 Å². The average molecular weight is 186 g/mol. The zero-order valence-corrected chi connectivity index (χ0v) is 9.04. The van der Waals surface area contributed by atoms with Crippen LogP contribution in [0.25, 0.3) is 10.9 Å². The number of hydrogen-bond acceptors (Lipinski definition) is 0. The minimum Gasteiger partial charge on any atom is -0.347 e. The van der Waals surface area contributed by atoms with E-state index in [1.165, 1.54) is 22.0 Å². The Kier molecular flexibility index (Phi) is 2.32. The summed E-state index contributed by atoms with van der Waals surface area (Å²) in [5, 5.41) is 1.37. The fraction of sp³-hybridized carbons (Fsp3) is 0.308. The third-order valence-corrected chi connectivity index (χ3v) is 2.72. The average Bonchev–Trinajstić information content (AvgIpc) is 2.55. The van der Waals surface area contributed by atoms with Gasteiger partial charge in [0.15, 0.2) is 0 Å². The Morgan fingerprint density at radius 3 is 2.79 bits per heavy atom. The zero-order valence-electron chi connectivity index (χ0n) is 9.04. The number of benzene rings is 1. The highest BCUT2D eigenvalue weighted by atomic mass is 14.9. The van der Waals surface area contributed by atoms with Gasteiger partial charge in [0.25, 0.3) is 0 Å². The Morgan fingerprint density at radius 1 is 1.36 bits per heavy atom. The monoisotopic (exact) mass is 186 g/mol. The molecule has 0 bridgehead atoms. The highest BCUT2D eigenvalue weighted by Gasteiger charge is 2.05. The SMILES string of the molecule is C[CH]c1cn(CC)c2ccc(C)cc12. The van der Waals surface area contributed by atoms with Gasteiger partial charge in [0.2, 0.25) is 0 Å². The number of aromatic nitrogens is 1. The molecule has 1 aromatic carbocycles. The molecule has 0 N–H and O–H groups in total. The van der Waals surface area contributed by atoms with Crippen molar-refractivity contribution in [3.05, 3.63) is 41.9 Å². The molecule has 1 heterocycles. The molecular weight excluding hydrogens is 170 g/mol. The Hall–Kier alpha value is -1.24. The van der Waals surface area contributed by atoms with Crippen LogP contribution < -0.4 is 0 Å². The molecule has 2 aromatic rings. The topological polar surface area (TPSA) is 4.93 Å². The van der Waals surface area contributed by atoms with E-state index in [0.29, 0.717) is 0 Å². The molecule has 2 rings (SSSR count). The summed E-state index contributed by atoms with van der Waals surface area (Å²) in [5.41, 5.74) is 4.01. The van der Waals surface area contributed by atoms with Gasteiger partial charge >= 0.3 is 0 Å². The van der Waals surface area contributed by atoms with Crippen molar-refractivity contribution < 1.29 is 0 Å². The van der Waals surface area contributed by atoms with Crippen LogP contribution in [-0.2, 0) is 6.54 Å². The van der Waals surface area contributed by atoms with E-state index >= 15 is 0 Å². The Bertz CT molecular complexity index is 451. The van der Waals surface area contributed by atoms with E-state index in [-0.39, 0.29) is 0 Å². The summed E-state index contributed by atoms with van der Waals surface area (Å²) in [5.74, 6) is 0. The molecule has 1 radical (unpaired) electrons. The van der Waals surface area contributed by atoms with Crippen LogP contribution in [0.1, 0.15) is 25.0 Å². The largest absolute Gasteiger partial charge is 0.347 e. The molecule has 0 amide bonds. The van der Waals surface area contributed by atoms with Crippen LogP contribution in [0.3, 0.4) is 0 Å². The fourth-order valence-electron chi connectivity index (χ4n) is 1.93. The second-order valence-corrected chi connectivity index (χ2v) is 3.68. The Morgan fingerprint density at radius 2 is 2.14 bits per heavy atom. The van der Waals surface area contributed by atoms with Crippen LogP contribution >= 0.6 is 0 Å². The highest BCUT2D eigenvalue weighted by molar-refractivity contribution is 5.85. The first-order valence-electron chi connectivity index (χ1n) is 5.15. The van der Waals surface area contributed by atoms with Gasteiger partial charge in [-0.2, -0.15) is 0 Å². The van der Waals surface area contributed by atoms with E-state index in [1.807, 2.05) is 0 Å². The first-order valence-corrected chi connectivity index (χ1v) is 5.15. The van der Waals surface area contributed by atoms with Crippen LogP contribution in [0.4, 0.5) is 0 Å². The van der Waals surface area contributed by atoms with Gasteiger partial charge in [-0.15, -0.1) is 0 Å². The predicted molar refractivity (Wildman–Crippen MR) is 61.4 cm³/mol. The van der Waals surface area contributed by atoms with Crippen molar-refractivity contribution in [2.24, 2.45) is 0 Å². The lowest BCUT2D eigenvalue weighted by atomic mass is 10.1. The molecule has 0 aliphatic carbocycles. The molecule has 0 saturated carbocycles. The molecule has 0 atom stereocenters. The zero-order chi connectivity index (χ0) is 10.1. The molecule has 1 nitrogen and oxygen atoms in total. The summed E-state index contributed by atoms with van der Waals surface area (Å²) in [6.07, 6.45) is 4.40. The van der Waals surface area contributed by atoms with E-state index in [1.54, 1.807) is 0 Å². The summed E-state index contributed by atoms with van der Waals surface area (Å²) in [7, 11) is 0. The summed E-state index contributed by atoms with van der Waals surface area (Å²) < 4.78 is 2.30. The van der Waals surface area contributed by atoms with Crippen LogP contribution in [0.5, 0.6) is 0 Å². The van der Waals surface area contributed by atoms with Crippen molar-refractivity contribution in [3.63, 3.8) is 0 Å². The Balaban J connectivity index is 2.75. The first kappa shape index (κ1) is 9.32. The smallest absolute Gasteiger partial charge is 0.0483 e. The second kappa shape index (κ2) is 3.49. The molecule has 0 unspecified atom stereocenters. The van der Waals surface area contributed by atoms with Crippen molar-refractivity contribution in [3.8, 4) is 0 Å². The van der Waals surface area contributed by atoms with Crippen molar-refractivity contribution in [1.82, 2.24) is 4.57 Å². The molecule has 0 saturated heterocycles. The van der Waals surface area contributed by atoms with E-state index in [4.69, 9.17) is 0 Å². The molecule has 1 heteroatoms. The first-order chi connectivity index (χ1) is 6.76. The number of rotatable bonds is 2. The maximum atomic E-state index is 2.30. The molecular formula is C13H16N. The van der Waals surface area contributed by atoms with E-state index in [2.05, 4.69) is 56.2 Å². The highest BCUT2D eigenvalue weighted by Crippen LogP contribution is 2.23.